The second kappa shape index (κ2) is 12.8. The van der Waals surface area contributed by atoms with Gasteiger partial charge in [0, 0.05) is 73.5 Å². The van der Waals surface area contributed by atoms with Gasteiger partial charge in [0.1, 0.15) is 0 Å². The minimum Gasteiger partial charge on any atom is -0.309 e. The van der Waals surface area contributed by atoms with Gasteiger partial charge in [-0.05, 0) is 77.9 Å². The first kappa shape index (κ1) is 32.3. The summed E-state index contributed by atoms with van der Waals surface area (Å²) >= 11 is 3.69. The summed E-state index contributed by atoms with van der Waals surface area (Å²) < 4.78 is 7.49. The fourth-order valence-corrected chi connectivity index (χ4v) is 10.5. The number of fused-ring (bicyclic) bond motifs is 9. The van der Waals surface area contributed by atoms with Crippen LogP contribution in [-0.4, -0.2) is 19.5 Å². The molecule has 8 aromatic carbocycles. The van der Waals surface area contributed by atoms with Crippen molar-refractivity contribution in [2.75, 3.05) is 0 Å². The van der Waals surface area contributed by atoms with Gasteiger partial charge >= 0.3 is 0 Å². The molecule has 0 bridgehead atoms. The minimum absolute atomic E-state index is 0.663. The average molecular weight is 763 g/mol. The SMILES string of the molecule is c1ccc(-c2nc(-c3ccccc3)nc(-c3ccc4sc5ccc(-c6ccc7c(c6)sc6ccc(-n8c9ccccc9c9ccccc98)cc67)cc5c4c3)n2)cc1. The standard InChI is InChI=1S/C51H30N4S2/c1-3-11-31(12-4-1)49-52-50(32-13-5-2-6-14-32)54-51(53-49)35-21-25-46-41(28-35)40-27-33(20-24-45(40)56-46)34-19-23-39-42-30-36(22-26-47(42)57-48(39)29-34)55-43-17-9-7-15-37(43)38-16-8-10-18-44(38)55/h1-30H. The first-order valence-electron chi connectivity index (χ1n) is 19.0. The third-order valence-corrected chi connectivity index (χ3v) is 13.3. The topological polar surface area (TPSA) is 43.6 Å². The first-order chi connectivity index (χ1) is 28.2. The van der Waals surface area contributed by atoms with E-state index in [1.807, 2.05) is 83.3 Å². The zero-order valence-electron chi connectivity index (χ0n) is 30.4. The van der Waals surface area contributed by atoms with Crippen molar-refractivity contribution < 1.29 is 0 Å². The van der Waals surface area contributed by atoms with Crippen LogP contribution in [0.1, 0.15) is 0 Å². The largest absolute Gasteiger partial charge is 0.309 e. The smallest absolute Gasteiger partial charge is 0.164 e. The van der Waals surface area contributed by atoms with Crippen molar-refractivity contribution >= 4 is 84.8 Å². The highest BCUT2D eigenvalue weighted by Crippen LogP contribution is 2.42. The fourth-order valence-electron chi connectivity index (χ4n) is 8.32. The number of hydrogen-bond donors (Lipinski definition) is 0. The first-order valence-corrected chi connectivity index (χ1v) is 20.6. The number of nitrogens with zero attached hydrogens (tertiary/aromatic N) is 4. The summed E-state index contributed by atoms with van der Waals surface area (Å²) in [5, 5.41) is 7.58. The molecule has 0 amide bonds. The van der Waals surface area contributed by atoms with E-state index in [9.17, 15) is 0 Å². The van der Waals surface area contributed by atoms with Crippen LogP contribution < -0.4 is 0 Å². The molecule has 0 spiro atoms. The van der Waals surface area contributed by atoms with E-state index >= 15 is 0 Å². The Labute approximate surface area is 335 Å². The van der Waals surface area contributed by atoms with E-state index in [-0.39, 0.29) is 0 Å². The molecule has 0 N–H and O–H groups in total. The van der Waals surface area contributed by atoms with Gasteiger partial charge in [-0.25, -0.2) is 15.0 Å². The summed E-state index contributed by atoms with van der Waals surface area (Å²) in [6.07, 6.45) is 0. The molecular weight excluding hydrogens is 733 g/mol. The highest BCUT2D eigenvalue weighted by molar-refractivity contribution is 7.26. The third kappa shape index (κ3) is 5.30. The van der Waals surface area contributed by atoms with Gasteiger partial charge in [-0.3, -0.25) is 0 Å². The van der Waals surface area contributed by atoms with E-state index in [2.05, 4.69) is 126 Å². The highest BCUT2D eigenvalue weighted by atomic mass is 32.1. The lowest BCUT2D eigenvalue weighted by Gasteiger charge is -2.08. The molecule has 0 saturated carbocycles. The molecule has 0 saturated heterocycles. The van der Waals surface area contributed by atoms with Crippen molar-refractivity contribution in [2.24, 2.45) is 0 Å². The maximum atomic E-state index is 5.01. The van der Waals surface area contributed by atoms with Gasteiger partial charge in [0.15, 0.2) is 17.5 Å². The van der Waals surface area contributed by atoms with Crippen molar-refractivity contribution in [3.63, 3.8) is 0 Å². The second-order valence-corrected chi connectivity index (χ2v) is 16.6. The Kier molecular flexibility index (Phi) is 7.24. The van der Waals surface area contributed by atoms with Gasteiger partial charge in [0.25, 0.3) is 0 Å². The predicted molar refractivity (Wildman–Crippen MR) is 242 cm³/mol. The third-order valence-electron chi connectivity index (χ3n) is 11.1. The molecule has 266 valence electrons. The second-order valence-electron chi connectivity index (χ2n) is 14.4. The molecule has 0 radical (unpaired) electrons. The zero-order chi connectivity index (χ0) is 37.5. The van der Waals surface area contributed by atoms with Crippen LogP contribution in [0.25, 0.3) is 113 Å². The number of hydrogen-bond acceptors (Lipinski definition) is 5. The maximum Gasteiger partial charge on any atom is 0.164 e. The Morgan fingerprint density at radius 1 is 0.298 bits per heavy atom. The van der Waals surface area contributed by atoms with Crippen molar-refractivity contribution in [3.05, 3.63) is 182 Å². The van der Waals surface area contributed by atoms with Crippen LogP contribution in [0.3, 0.4) is 0 Å². The normalized spacial score (nSPS) is 11.9. The van der Waals surface area contributed by atoms with Gasteiger partial charge in [-0.15, -0.1) is 22.7 Å². The van der Waals surface area contributed by atoms with Crippen LogP contribution in [-0.2, 0) is 0 Å². The lowest BCUT2D eigenvalue weighted by Crippen LogP contribution is -2.00. The molecule has 0 fully saturated rings. The number of rotatable bonds is 5. The van der Waals surface area contributed by atoms with Crippen LogP contribution in [0.5, 0.6) is 0 Å². The quantitative estimate of drug-likeness (QED) is 0.175. The number of aromatic nitrogens is 4. The van der Waals surface area contributed by atoms with Gasteiger partial charge in [0.2, 0.25) is 0 Å². The van der Waals surface area contributed by atoms with E-state index in [0.29, 0.717) is 17.5 Å². The molecule has 0 unspecified atom stereocenters. The lowest BCUT2D eigenvalue weighted by molar-refractivity contribution is 1.07. The predicted octanol–water partition coefficient (Wildman–Crippen LogP) is 14.4. The number of thiophene rings is 2. The van der Waals surface area contributed by atoms with Gasteiger partial charge in [0.05, 0.1) is 11.0 Å². The van der Waals surface area contributed by atoms with E-state index < -0.39 is 0 Å². The van der Waals surface area contributed by atoms with Crippen LogP contribution in [0.15, 0.2) is 182 Å². The maximum absolute atomic E-state index is 5.01. The van der Waals surface area contributed by atoms with E-state index in [0.717, 1.165) is 16.7 Å². The van der Waals surface area contributed by atoms with E-state index in [1.54, 1.807) is 0 Å². The van der Waals surface area contributed by atoms with Crippen molar-refractivity contribution in [2.45, 2.75) is 0 Å². The molecule has 0 atom stereocenters. The molecule has 4 nitrogen and oxygen atoms in total. The van der Waals surface area contributed by atoms with Crippen molar-refractivity contribution in [1.82, 2.24) is 19.5 Å². The zero-order valence-corrected chi connectivity index (χ0v) is 32.1. The summed E-state index contributed by atoms with van der Waals surface area (Å²) in [6, 6.07) is 65.1. The van der Waals surface area contributed by atoms with Gasteiger partial charge < -0.3 is 4.57 Å². The molecule has 4 aromatic heterocycles. The van der Waals surface area contributed by atoms with Crippen molar-refractivity contribution in [1.29, 1.82) is 0 Å². The molecule has 57 heavy (non-hydrogen) atoms. The van der Waals surface area contributed by atoms with Crippen LogP contribution in [0, 0.1) is 0 Å². The Hall–Kier alpha value is -6.99. The van der Waals surface area contributed by atoms with Crippen molar-refractivity contribution in [3.8, 4) is 51.0 Å². The molecular formula is C51H30N4S2. The molecule has 4 heterocycles. The Morgan fingerprint density at radius 2 is 0.754 bits per heavy atom. The summed E-state index contributed by atoms with van der Waals surface area (Å²) in [5.74, 6) is 1.99. The van der Waals surface area contributed by atoms with Crippen LogP contribution in [0.2, 0.25) is 0 Å². The Balaban J connectivity index is 0.950. The average Bonchev–Trinajstić information content (AvgIpc) is 3.95. The number of benzene rings is 8. The Morgan fingerprint density at radius 3 is 1.39 bits per heavy atom. The number of para-hydroxylation sites is 2. The minimum atomic E-state index is 0.663. The summed E-state index contributed by atoms with van der Waals surface area (Å²) in [7, 11) is 0. The molecule has 0 aliphatic rings. The van der Waals surface area contributed by atoms with Crippen LogP contribution in [0.4, 0.5) is 0 Å². The van der Waals surface area contributed by atoms with Crippen LogP contribution >= 0.6 is 22.7 Å². The molecule has 12 aromatic rings. The molecule has 0 aliphatic carbocycles. The molecule has 0 aliphatic heterocycles. The van der Waals surface area contributed by atoms with E-state index in [1.165, 1.54) is 79.0 Å². The molecule has 6 heteroatoms. The van der Waals surface area contributed by atoms with Gasteiger partial charge in [-0.1, -0.05) is 115 Å². The highest BCUT2D eigenvalue weighted by Gasteiger charge is 2.17. The lowest BCUT2D eigenvalue weighted by atomic mass is 10.0. The monoisotopic (exact) mass is 762 g/mol. The van der Waals surface area contributed by atoms with E-state index in [4.69, 9.17) is 15.0 Å². The fraction of sp³-hybridized carbons (Fsp3) is 0. The summed E-state index contributed by atoms with van der Waals surface area (Å²) in [5.41, 5.74) is 8.95. The Bertz CT molecular complexity index is 3410. The summed E-state index contributed by atoms with van der Waals surface area (Å²) in [4.78, 5) is 14.9. The van der Waals surface area contributed by atoms with Gasteiger partial charge in [-0.2, -0.15) is 0 Å². The molecule has 12 rings (SSSR count). The summed E-state index contributed by atoms with van der Waals surface area (Å²) in [6.45, 7) is 0.